The van der Waals surface area contributed by atoms with Gasteiger partial charge in [0, 0.05) is 11.8 Å². The lowest BCUT2D eigenvalue weighted by molar-refractivity contribution is -0.288. The van der Waals surface area contributed by atoms with E-state index in [0.29, 0.717) is 6.42 Å². The van der Waals surface area contributed by atoms with Crippen LogP contribution in [0, 0.1) is 11.3 Å². The Hall–Kier alpha value is -1.20. The van der Waals surface area contributed by atoms with E-state index in [0.717, 1.165) is 0 Å². The number of hydrogen-bond acceptors (Lipinski definition) is 5. The van der Waals surface area contributed by atoms with E-state index in [4.69, 9.17) is 9.62 Å². The van der Waals surface area contributed by atoms with Crippen molar-refractivity contribution < 1.29 is 24.1 Å². The number of esters is 1. The maximum absolute atomic E-state index is 12.1. The van der Waals surface area contributed by atoms with Gasteiger partial charge in [0.25, 0.3) is 0 Å². The second kappa shape index (κ2) is 6.06. The highest BCUT2D eigenvalue weighted by Crippen LogP contribution is 2.38. The number of rotatable bonds is 4. The minimum atomic E-state index is -0.624. The van der Waals surface area contributed by atoms with E-state index in [1.807, 2.05) is 13.8 Å². The van der Waals surface area contributed by atoms with E-state index >= 15 is 0 Å². The number of carbonyl (C=O) groups is 2. The Balaban J connectivity index is 3.00. The molecule has 0 aromatic heterocycles. The van der Waals surface area contributed by atoms with Crippen molar-refractivity contribution in [3.63, 3.8) is 0 Å². The Morgan fingerprint density at radius 2 is 2.05 bits per heavy atom. The summed E-state index contributed by atoms with van der Waals surface area (Å²) in [5.41, 5.74) is -0.947. The molecule has 5 heteroatoms. The van der Waals surface area contributed by atoms with Crippen molar-refractivity contribution in [2.24, 2.45) is 11.3 Å². The second-order valence-corrected chi connectivity index (χ2v) is 6.52. The molecule has 0 aromatic rings. The van der Waals surface area contributed by atoms with E-state index in [1.165, 1.54) is 7.11 Å². The molecular formula is C15H24O5. The molecule has 0 saturated heterocycles. The Morgan fingerprint density at radius 3 is 2.55 bits per heavy atom. The van der Waals surface area contributed by atoms with Crippen LogP contribution in [0.15, 0.2) is 11.6 Å². The Kier molecular flexibility index (Phi) is 5.10. The van der Waals surface area contributed by atoms with Gasteiger partial charge in [-0.25, -0.2) is 14.6 Å². The van der Waals surface area contributed by atoms with Crippen LogP contribution in [-0.2, 0) is 24.1 Å². The molecule has 0 fully saturated rings. The fraction of sp³-hybridized carbons (Fsp3) is 0.733. The summed E-state index contributed by atoms with van der Waals surface area (Å²) in [6.45, 7) is 9.49. The van der Waals surface area contributed by atoms with Gasteiger partial charge in [-0.2, -0.15) is 0 Å². The third kappa shape index (κ3) is 4.15. The van der Waals surface area contributed by atoms with Gasteiger partial charge in [-0.3, -0.25) is 4.79 Å². The van der Waals surface area contributed by atoms with Crippen molar-refractivity contribution >= 4 is 11.8 Å². The number of Topliss-reactive ketones (excluding diaryl/α,β-unsaturated/α-hetero) is 1. The van der Waals surface area contributed by atoms with Crippen LogP contribution in [0.5, 0.6) is 0 Å². The van der Waals surface area contributed by atoms with Crippen molar-refractivity contribution in [3.05, 3.63) is 11.6 Å². The van der Waals surface area contributed by atoms with Gasteiger partial charge < -0.3 is 4.74 Å². The van der Waals surface area contributed by atoms with Gasteiger partial charge in [0.05, 0.1) is 19.3 Å². The summed E-state index contributed by atoms with van der Waals surface area (Å²) in [4.78, 5) is 33.8. The highest BCUT2D eigenvalue weighted by Gasteiger charge is 2.40. The zero-order chi connectivity index (χ0) is 15.6. The predicted octanol–water partition coefficient (Wildman–Crippen LogP) is 2.45. The average Bonchev–Trinajstić information content (AvgIpc) is 2.29. The molecule has 1 aliphatic rings. The minimum Gasteiger partial charge on any atom is -0.456 e. The van der Waals surface area contributed by atoms with Crippen LogP contribution in [0.4, 0.5) is 0 Å². The van der Waals surface area contributed by atoms with Crippen LogP contribution < -0.4 is 0 Å². The fourth-order valence-electron chi connectivity index (χ4n) is 2.05. The second-order valence-electron chi connectivity index (χ2n) is 6.52. The van der Waals surface area contributed by atoms with Crippen LogP contribution in [0.25, 0.3) is 0 Å². The summed E-state index contributed by atoms with van der Waals surface area (Å²) >= 11 is 0. The highest BCUT2D eigenvalue weighted by molar-refractivity contribution is 6.18. The van der Waals surface area contributed by atoms with Gasteiger partial charge in [0.15, 0.2) is 5.78 Å². The van der Waals surface area contributed by atoms with Crippen molar-refractivity contribution in [1.82, 2.24) is 0 Å². The van der Waals surface area contributed by atoms with Gasteiger partial charge in [-0.1, -0.05) is 19.9 Å². The standard InChI is InChI=1S/C15H24O5/c1-10-7-12(16)11(13(17)20-14(2,3)4)8-15(10,5)9-19-18-6/h8,10H,7,9H2,1-6H3/t10-,15?/m0/s1. The van der Waals surface area contributed by atoms with Crippen LogP contribution >= 0.6 is 0 Å². The van der Waals surface area contributed by atoms with Gasteiger partial charge >= 0.3 is 5.97 Å². The lowest BCUT2D eigenvalue weighted by Gasteiger charge is -2.36. The largest absolute Gasteiger partial charge is 0.456 e. The molecule has 1 rings (SSSR count). The molecule has 0 aliphatic heterocycles. The monoisotopic (exact) mass is 284 g/mol. The third-order valence-corrected chi connectivity index (χ3v) is 3.50. The zero-order valence-electron chi connectivity index (χ0n) is 13.1. The molecule has 1 aliphatic carbocycles. The molecule has 20 heavy (non-hydrogen) atoms. The molecule has 0 saturated carbocycles. The summed E-state index contributed by atoms with van der Waals surface area (Å²) in [7, 11) is 1.43. The molecular weight excluding hydrogens is 260 g/mol. The smallest absolute Gasteiger partial charge is 0.341 e. The molecule has 0 amide bonds. The Morgan fingerprint density at radius 1 is 1.45 bits per heavy atom. The molecule has 0 bridgehead atoms. The summed E-state index contributed by atoms with van der Waals surface area (Å²) in [5.74, 6) is -0.684. The van der Waals surface area contributed by atoms with Crippen LogP contribution in [-0.4, -0.2) is 31.1 Å². The number of hydrogen-bond donors (Lipinski definition) is 0. The van der Waals surface area contributed by atoms with Crippen molar-refractivity contribution in [2.45, 2.75) is 46.6 Å². The van der Waals surface area contributed by atoms with Crippen LogP contribution in [0.3, 0.4) is 0 Å². The lowest BCUT2D eigenvalue weighted by atomic mass is 9.70. The van der Waals surface area contributed by atoms with E-state index in [9.17, 15) is 9.59 Å². The summed E-state index contributed by atoms with van der Waals surface area (Å²) in [6.07, 6.45) is 1.96. The molecule has 0 heterocycles. The quantitative estimate of drug-likeness (QED) is 0.343. The van der Waals surface area contributed by atoms with E-state index in [-0.39, 0.29) is 23.9 Å². The Labute approximate surface area is 120 Å². The van der Waals surface area contributed by atoms with Crippen molar-refractivity contribution in [1.29, 1.82) is 0 Å². The van der Waals surface area contributed by atoms with Gasteiger partial charge in [0.1, 0.15) is 5.60 Å². The van der Waals surface area contributed by atoms with Crippen molar-refractivity contribution in [2.75, 3.05) is 13.7 Å². The number of carbonyl (C=O) groups excluding carboxylic acids is 2. The number of ether oxygens (including phenoxy) is 1. The van der Waals surface area contributed by atoms with Gasteiger partial charge in [-0.05, 0) is 26.7 Å². The van der Waals surface area contributed by atoms with Crippen molar-refractivity contribution in [3.8, 4) is 0 Å². The summed E-state index contributed by atoms with van der Waals surface area (Å²) < 4.78 is 5.28. The molecule has 0 N–H and O–H groups in total. The first-order valence-electron chi connectivity index (χ1n) is 6.74. The van der Waals surface area contributed by atoms with E-state index in [1.54, 1.807) is 26.8 Å². The summed E-state index contributed by atoms with van der Waals surface area (Å²) in [6, 6.07) is 0. The van der Waals surface area contributed by atoms with Gasteiger partial charge in [0.2, 0.25) is 0 Å². The van der Waals surface area contributed by atoms with E-state index < -0.39 is 17.0 Å². The number of ketones is 1. The molecule has 0 spiro atoms. The zero-order valence-corrected chi connectivity index (χ0v) is 13.1. The molecule has 114 valence electrons. The molecule has 2 atom stereocenters. The van der Waals surface area contributed by atoms with Gasteiger partial charge in [-0.15, -0.1) is 0 Å². The van der Waals surface area contributed by atoms with Crippen LogP contribution in [0.2, 0.25) is 0 Å². The maximum Gasteiger partial charge on any atom is 0.341 e. The minimum absolute atomic E-state index is 0.0661. The maximum atomic E-state index is 12.1. The fourth-order valence-corrected chi connectivity index (χ4v) is 2.05. The molecule has 5 nitrogen and oxygen atoms in total. The molecule has 0 radical (unpaired) electrons. The molecule has 0 aromatic carbocycles. The average molecular weight is 284 g/mol. The third-order valence-electron chi connectivity index (χ3n) is 3.50. The summed E-state index contributed by atoms with van der Waals surface area (Å²) in [5, 5.41) is 0. The first-order valence-corrected chi connectivity index (χ1v) is 6.74. The lowest BCUT2D eigenvalue weighted by Crippen LogP contribution is -2.38. The molecule has 1 unspecified atom stereocenters. The Bertz CT molecular complexity index is 418. The first kappa shape index (κ1) is 16.9. The van der Waals surface area contributed by atoms with Crippen LogP contribution in [0.1, 0.15) is 41.0 Å². The van der Waals surface area contributed by atoms with E-state index in [2.05, 4.69) is 4.89 Å². The highest BCUT2D eigenvalue weighted by atomic mass is 17.2. The first-order chi connectivity index (χ1) is 9.09. The normalized spacial score (nSPS) is 27.2. The predicted molar refractivity (Wildman–Crippen MR) is 73.8 cm³/mol. The SMILES string of the molecule is COOCC1(C)C=C(C(=O)OC(C)(C)C)C(=O)C[C@@H]1C. The topological polar surface area (TPSA) is 61.8 Å².